The molecule has 3 nitrogen and oxygen atoms in total. The van der Waals surface area contributed by atoms with Gasteiger partial charge in [0.1, 0.15) is 16.9 Å². The zero-order valence-electron chi connectivity index (χ0n) is 11.9. The molecule has 1 aromatic carbocycles. The van der Waals surface area contributed by atoms with Gasteiger partial charge in [-0.15, -0.1) is 11.3 Å². The van der Waals surface area contributed by atoms with Gasteiger partial charge in [0.15, 0.2) is 0 Å². The van der Waals surface area contributed by atoms with Gasteiger partial charge < -0.3 is 9.73 Å². The Kier molecular flexibility index (Phi) is 3.59. The lowest BCUT2D eigenvalue weighted by molar-refractivity contribution is 0.603. The number of hydrogen-bond donors (Lipinski definition) is 1. The van der Waals surface area contributed by atoms with Crippen LogP contribution < -0.4 is 5.32 Å². The van der Waals surface area contributed by atoms with Gasteiger partial charge in [0.25, 0.3) is 0 Å². The summed E-state index contributed by atoms with van der Waals surface area (Å²) in [5, 5.41) is 5.61. The van der Waals surface area contributed by atoms with Crippen molar-refractivity contribution in [2.75, 3.05) is 6.54 Å². The predicted octanol–water partition coefficient (Wildman–Crippen LogP) is 4.54. The van der Waals surface area contributed by atoms with E-state index < -0.39 is 0 Å². The van der Waals surface area contributed by atoms with Crippen LogP contribution >= 0.6 is 11.3 Å². The average Bonchev–Trinajstić information content (AvgIpc) is 3.02. The second-order valence-corrected chi connectivity index (χ2v) is 5.92. The van der Waals surface area contributed by atoms with Crippen LogP contribution in [-0.2, 0) is 0 Å². The Bertz CT molecular complexity index is 729. The lowest BCUT2D eigenvalue weighted by atomic mass is 10.2. The number of aromatic nitrogens is 1. The molecule has 4 heteroatoms. The Balaban J connectivity index is 2.05. The van der Waals surface area contributed by atoms with E-state index in [1.54, 1.807) is 11.3 Å². The van der Waals surface area contributed by atoms with Crippen molar-refractivity contribution in [1.29, 1.82) is 0 Å². The number of hydrogen-bond acceptors (Lipinski definition) is 4. The summed E-state index contributed by atoms with van der Waals surface area (Å²) in [7, 11) is 0. The van der Waals surface area contributed by atoms with Crippen molar-refractivity contribution in [2.45, 2.75) is 26.8 Å². The fourth-order valence-electron chi connectivity index (χ4n) is 2.47. The first-order valence-corrected chi connectivity index (χ1v) is 7.69. The third-order valence-electron chi connectivity index (χ3n) is 3.45. The minimum absolute atomic E-state index is 0.337. The van der Waals surface area contributed by atoms with Gasteiger partial charge in [-0.2, -0.15) is 0 Å². The summed E-state index contributed by atoms with van der Waals surface area (Å²) in [5.74, 6) is 0. The number of fused-ring (bicyclic) bond motifs is 1. The van der Waals surface area contributed by atoms with Gasteiger partial charge in [-0.3, -0.25) is 0 Å². The highest BCUT2D eigenvalue weighted by Crippen LogP contribution is 2.36. The molecule has 1 N–H and O–H groups in total. The van der Waals surface area contributed by atoms with Crippen LogP contribution in [0.1, 0.15) is 30.5 Å². The van der Waals surface area contributed by atoms with Crippen LogP contribution in [0.15, 0.2) is 34.9 Å². The highest BCUT2D eigenvalue weighted by molar-refractivity contribution is 7.15. The number of furan rings is 1. The number of rotatable bonds is 4. The maximum Gasteiger partial charge on any atom is 0.134 e. The summed E-state index contributed by atoms with van der Waals surface area (Å²) in [5.41, 5.74) is 3.10. The third-order valence-corrected chi connectivity index (χ3v) is 4.82. The lowest BCUT2D eigenvalue weighted by Gasteiger charge is -2.09. The van der Waals surface area contributed by atoms with Crippen LogP contribution in [0.3, 0.4) is 0 Å². The van der Waals surface area contributed by atoms with E-state index in [2.05, 4.69) is 32.2 Å². The normalized spacial score (nSPS) is 12.9. The standard InChI is InChI=1S/C16H18N2OS/c1-4-17-10(2)15-11(3)18-16(20-15)13-9-19-14-8-6-5-7-12(13)14/h5-10,17H,4H2,1-3H3. The largest absolute Gasteiger partial charge is 0.464 e. The number of nitrogens with one attached hydrogen (secondary N) is 1. The Morgan fingerprint density at radius 3 is 2.95 bits per heavy atom. The molecule has 0 aliphatic rings. The molecular formula is C16H18N2OS. The molecular weight excluding hydrogens is 268 g/mol. The van der Waals surface area contributed by atoms with E-state index in [4.69, 9.17) is 9.40 Å². The first kappa shape index (κ1) is 13.3. The fraction of sp³-hybridized carbons (Fsp3) is 0.312. The highest BCUT2D eigenvalue weighted by atomic mass is 32.1. The molecule has 1 unspecified atom stereocenters. The fourth-order valence-corrected chi connectivity index (χ4v) is 3.58. The van der Waals surface area contributed by atoms with Crippen molar-refractivity contribution in [3.8, 4) is 10.6 Å². The molecule has 0 radical (unpaired) electrons. The van der Waals surface area contributed by atoms with Crippen LogP contribution in [0.2, 0.25) is 0 Å². The van der Waals surface area contributed by atoms with E-state index in [-0.39, 0.29) is 0 Å². The second-order valence-electron chi connectivity index (χ2n) is 4.89. The van der Waals surface area contributed by atoms with Crippen molar-refractivity contribution in [3.05, 3.63) is 41.1 Å². The van der Waals surface area contributed by atoms with E-state index in [0.29, 0.717) is 6.04 Å². The third kappa shape index (κ3) is 2.25. The van der Waals surface area contributed by atoms with Crippen LogP contribution in [-0.4, -0.2) is 11.5 Å². The summed E-state index contributed by atoms with van der Waals surface area (Å²) in [4.78, 5) is 6.02. The monoisotopic (exact) mass is 286 g/mol. The molecule has 0 aliphatic carbocycles. The minimum Gasteiger partial charge on any atom is -0.464 e. The Morgan fingerprint density at radius 1 is 1.35 bits per heavy atom. The Labute approximate surface area is 122 Å². The molecule has 104 valence electrons. The second kappa shape index (κ2) is 5.38. The molecule has 0 bridgehead atoms. The molecule has 0 amide bonds. The number of para-hydroxylation sites is 1. The number of benzene rings is 1. The molecule has 1 atom stereocenters. The van der Waals surface area contributed by atoms with Crippen molar-refractivity contribution >= 4 is 22.3 Å². The maximum absolute atomic E-state index is 5.61. The Hall–Kier alpha value is -1.65. The van der Waals surface area contributed by atoms with Crippen LogP contribution in [0.4, 0.5) is 0 Å². The van der Waals surface area contributed by atoms with Crippen molar-refractivity contribution in [1.82, 2.24) is 10.3 Å². The zero-order valence-corrected chi connectivity index (χ0v) is 12.8. The van der Waals surface area contributed by atoms with Crippen LogP contribution in [0, 0.1) is 6.92 Å². The molecule has 2 heterocycles. The van der Waals surface area contributed by atoms with Gasteiger partial charge >= 0.3 is 0 Å². The quantitative estimate of drug-likeness (QED) is 0.765. The predicted molar refractivity (Wildman–Crippen MR) is 84.2 cm³/mol. The summed E-state index contributed by atoms with van der Waals surface area (Å²) >= 11 is 1.75. The number of nitrogens with zero attached hydrogens (tertiary/aromatic N) is 1. The topological polar surface area (TPSA) is 38.1 Å². The molecule has 0 fully saturated rings. The van der Waals surface area contributed by atoms with Gasteiger partial charge in [-0.05, 0) is 26.5 Å². The average molecular weight is 286 g/mol. The molecule has 3 aromatic rings. The smallest absolute Gasteiger partial charge is 0.134 e. The van der Waals surface area contributed by atoms with Gasteiger partial charge in [-0.1, -0.05) is 25.1 Å². The molecule has 0 saturated heterocycles. The summed E-state index contributed by atoms with van der Waals surface area (Å²) in [6, 6.07) is 8.43. The van der Waals surface area contributed by atoms with E-state index in [1.165, 1.54) is 4.88 Å². The molecule has 0 saturated carbocycles. The Morgan fingerprint density at radius 2 is 2.15 bits per heavy atom. The van der Waals surface area contributed by atoms with Crippen LogP contribution in [0.5, 0.6) is 0 Å². The summed E-state index contributed by atoms with van der Waals surface area (Å²) in [6.07, 6.45) is 1.81. The van der Waals surface area contributed by atoms with E-state index in [1.807, 2.05) is 24.5 Å². The molecule has 2 aromatic heterocycles. The van der Waals surface area contributed by atoms with Gasteiger partial charge in [0.2, 0.25) is 0 Å². The van der Waals surface area contributed by atoms with Crippen LogP contribution in [0.25, 0.3) is 21.5 Å². The number of aryl methyl sites for hydroxylation is 1. The molecule has 0 aliphatic heterocycles. The van der Waals surface area contributed by atoms with E-state index in [0.717, 1.165) is 33.8 Å². The molecule has 20 heavy (non-hydrogen) atoms. The van der Waals surface area contributed by atoms with Crippen molar-refractivity contribution in [3.63, 3.8) is 0 Å². The molecule has 3 rings (SSSR count). The first-order chi connectivity index (χ1) is 9.70. The van der Waals surface area contributed by atoms with Crippen molar-refractivity contribution in [2.24, 2.45) is 0 Å². The van der Waals surface area contributed by atoms with Gasteiger partial charge in [0, 0.05) is 16.3 Å². The zero-order chi connectivity index (χ0) is 14.1. The highest BCUT2D eigenvalue weighted by Gasteiger charge is 2.17. The maximum atomic E-state index is 5.61. The van der Waals surface area contributed by atoms with Crippen molar-refractivity contribution < 1.29 is 4.42 Å². The SMILES string of the molecule is CCNC(C)c1sc(-c2coc3ccccc23)nc1C. The lowest BCUT2D eigenvalue weighted by Crippen LogP contribution is -2.17. The first-order valence-electron chi connectivity index (χ1n) is 6.88. The number of thiazole rings is 1. The van der Waals surface area contributed by atoms with E-state index >= 15 is 0 Å². The van der Waals surface area contributed by atoms with Gasteiger partial charge in [-0.25, -0.2) is 4.98 Å². The summed E-state index contributed by atoms with van der Waals surface area (Å²) < 4.78 is 5.61. The van der Waals surface area contributed by atoms with E-state index in [9.17, 15) is 0 Å². The van der Waals surface area contributed by atoms with Gasteiger partial charge in [0.05, 0.1) is 11.3 Å². The summed E-state index contributed by atoms with van der Waals surface area (Å²) in [6.45, 7) is 7.34. The minimum atomic E-state index is 0.337. The molecule has 0 spiro atoms.